The lowest BCUT2D eigenvalue weighted by molar-refractivity contribution is -0.250. The van der Waals surface area contributed by atoms with E-state index in [0.717, 1.165) is 44.9 Å². The summed E-state index contributed by atoms with van der Waals surface area (Å²) < 4.78 is 6.24. The van der Waals surface area contributed by atoms with E-state index in [2.05, 4.69) is 48.1 Å². The Kier molecular flexibility index (Phi) is 8.73. The molecule has 0 aliphatic heterocycles. The number of fused-ring (bicyclic) bond motifs is 7. The zero-order chi connectivity index (χ0) is 33.4. The van der Waals surface area contributed by atoms with Crippen LogP contribution in [0.1, 0.15) is 145 Å². The van der Waals surface area contributed by atoms with Crippen molar-refractivity contribution in [2.75, 3.05) is 0 Å². The highest BCUT2D eigenvalue weighted by molar-refractivity contribution is 5.73. The van der Waals surface area contributed by atoms with Gasteiger partial charge in [-0.15, -0.1) is 0 Å². The largest absolute Gasteiger partial charge is 0.481 e. The molecule has 2 N–H and O–H groups in total. The maximum Gasteiger partial charge on any atom is 0.306 e. The Bertz CT molecular complexity index is 1220. The summed E-state index contributed by atoms with van der Waals surface area (Å²) in [5.41, 5.74) is 1.23. The van der Waals surface area contributed by atoms with Crippen molar-refractivity contribution in [2.45, 2.75) is 151 Å². The van der Waals surface area contributed by atoms with E-state index in [9.17, 15) is 24.6 Å². The number of hydrogen-bond acceptors (Lipinski definition) is 4. The van der Waals surface area contributed by atoms with E-state index >= 15 is 0 Å². The van der Waals surface area contributed by atoms with E-state index in [4.69, 9.17) is 4.74 Å². The van der Waals surface area contributed by atoms with Gasteiger partial charge in [0.2, 0.25) is 0 Å². The molecule has 5 fully saturated rings. The van der Waals surface area contributed by atoms with Crippen LogP contribution in [0, 0.1) is 62.1 Å². The zero-order valence-electron chi connectivity index (χ0n) is 29.6. The van der Waals surface area contributed by atoms with Gasteiger partial charge in [-0.1, -0.05) is 60.6 Å². The molecule has 5 saturated carbocycles. The molecule has 254 valence electrons. The van der Waals surface area contributed by atoms with Gasteiger partial charge in [0, 0.05) is 11.8 Å². The van der Waals surface area contributed by atoms with Crippen LogP contribution in [0.15, 0.2) is 12.2 Å². The second kappa shape index (κ2) is 11.4. The molecule has 5 rings (SSSR count). The van der Waals surface area contributed by atoms with Crippen molar-refractivity contribution in [3.63, 3.8) is 0 Å². The van der Waals surface area contributed by atoms with E-state index < -0.39 is 17.4 Å². The SMILES string of the molecule is C=C(C)[C@@H]1CC[C@]2(CCC(=O)O)CC[C@]3(C)[C@H](CCC4[C@@]5(C)CC[C@H](OC(=O)CC(C)(C)CC(=O)O)C(C)(C)[C@@H]5CC[C@]43C)[C@@H]12. The van der Waals surface area contributed by atoms with E-state index in [1.807, 2.05) is 13.8 Å². The molecule has 0 aromatic rings. The summed E-state index contributed by atoms with van der Waals surface area (Å²) in [5, 5.41) is 19.0. The number of carboxylic acid groups (broad SMARTS) is 2. The van der Waals surface area contributed by atoms with Crippen LogP contribution in [0.3, 0.4) is 0 Å². The predicted octanol–water partition coefficient (Wildman–Crippen LogP) is 9.31. The molecule has 1 unspecified atom stereocenters. The van der Waals surface area contributed by atoms with Gasteiger partial charge in [0.25, 0.3) is 0 Å². The fourth-order valence-electron chi connectivity index (χ4n) is 13.3. The molecule has 0 spiro atoms. The van der Waals surface area contributed by atoms with Gasteiger partial charge < -0.3 is 14.9 Å². The van der Waals surface area contributed by atoms with Gasteiger partial charge in [0.15, 0.2) is 0 Å². The van der Waals surface area contributed by atoms with Crippen molar-refractivity contribution in [3.05, 3.63) is 12.2 Å². The lowest BCUT2D eigenvalue weighted by Crippen LogP contribution is -2.66. The highest BCUT2D eigenvalue weighted by Gasteiger charge is 2.71. The van der Waals surface area contributed by atoms with Gasteiger partial charge in [-0.2, -0.15) is 0 Å². The Labute approximate surface area is 272 Å². The number of esters is 1. The van der Waals surface area contributed by atoms with Crippen molar-refractivity contribution >= 4 is 17.9 Å². The lowest BCUT2D eigenvalue weighted by Gasteiger charge is -2.73. The van der Waals surface area contributed by atoms with Crippen molar-refractivity contribution in [2.24, 2.45) is 62.1 Å². The number of allylic oxidation sites excluding steroid dienone is 1. The van der Waals surface area contributed by atoms with Gasteiger partial charge >= 0.3 is 17.9 Å². The Hall–Kier alpha value is -1.85. The molecule has 0 bridgehead atoms. The summed E-state index contributed by atoms with van der Waals surface area (Å²) in [6.45, 7) is 22.8. The number of ether oxygens (including phenoxy) is 1. The Morgan fingerprint density at radius 3 is 2.11 bits per heavy atom. The van der Waals surface area contributed by atoms with Crippen molar-refractivity contribution in [3.8, 4) is 0 Å². The summed E-state index contributed by atoms with van der Waals surface area (Å²) in [7, 11) is 0. The minimum Gasteiger partial charge on any atom is -0.481 e. The average molecular weight is 627 g/mol. The summed E-state index contributed by atoms with van der Waals surface area (Å²) in [6.07, 6.45) is 12.3. The smallest absolute Gasteiger partial charge is 0.306 e. The fraction of sp³-hybridized carbons (Fsp3) is 0.872. The van der Waals surface area contributed by atoms with Crippen LogP contribution >= 0.6 is 0 Å². The maximum absolute atomic E-state index is 13.1. The lowest BCUT2D eigenvalue weighted by atomic mass is 9.32. The van der Waals surface area contributed by atoms with E-state index in [1.54, 1.807) is 0 Å². The minimum absolute atomic E-state index is 0.0501. The van der Waals surface area contributed by atoms with E-state index in [1.165, 1.54) is 31.3 Å². The highest BCUT2D eigenvalue weighted by atomic mass is 16.5. The van der Waals surface area contributed by atoms with Crippen LogP contribution in [-0.4, -0.2) is 34.2 Å². The molecule has 5 aliphatic carbocycles. The van der Waals surface area contributed by atoms with Crippen LogP contribution in [-0.2, 0) is 19.1 Å². The number of carbonyl (C=O) groups excluding carboxylic acids is 1. The van der Waals surface area contributed by atoms with E-state index in [-0.39, 0.29) is 58.4 Å². The maximum atomic E-state index is 13.1. The molecule has 10 atom stereocenters. The molecule has 0 saturated heterocycles. The Morgan fingerprint density at radius 2 is 1.49 bits per heavy atom. The first-order chi connectivity index (χ1) is 20.7. The Balaban J connectivity index is 1.39. The third-order valence-corrected chi connectivity index (χ3v) is 15.5. The number of hydrogen-bond donors (Lipinski definition) is 2. The molecule has 5 aliphatic rings. The molecule has 0 radical (unpaired) electrons. The van der Waals surface area contributed by atoms with Crippen LogP contribution in [0.5, 0.6) is 0 Å². The van der Waals surface area contributed by atoms with Gasteiger partial charge in [-0.05, 0) is 134 Å². The standard InChI is InChI=1S/C39H62O6/c1-24(2)25-12-18-39(19-15-30(40)41)21-20-37(8)26(33(25)39)10-11-28-36(7)16-14-29(35(5,6)27(36)13-17-38(28,37)9)45-32(44)23-34(3,4)22-31(42)43/h25-29,33H,1,10-23H2,2-9H3,(H,40,41)(H,42,43)/t25-,26+,27-,28?,29-,33+,36-,37+,38+,39-/m0/s1. The van der Waals surface area contributed by atoms with Gasteiger partial charge in [0.1, 0.15) is 6.10 Å². The first kappa shape index (κ1) is 34.5. The molecule has 0 aromatic carbocycles. The minimum atomic E-state index is -0.887. The highest BCUT2D eigenvalue weighted by Crippen LogP contribution is 2.78. The molecular weight excluding hydrogens is 564 g/mol. The predicted molar refractivity (Wildman–Crippen MR) is 176 cm³/mol. The normalized spacial score (nSPS) is 43.6. The number of carbonyl (C=O) groups is 3. The summed E-state index contributed by atoms with van der Waals surface area (Å²) in [6, 6.07) is 0. The molecule has 0 aromatic heterocycles. The summed E-state index contributed by atoms with van der Waals surface area (Å²) in [5.74, 6) is 0.876. The third-order valence-electron chi connectivity index (χ3n) is 15.5. The third kappa shape index (κ3) is 5.50. The summed E-state index contributed by atoms with van der Waals surface area (Å²) >= 11 is 0. The van der Waals surface area contributed by atoms with Crippen molar-refractivity contribution < 1.29 is 29.3 Å². The molecule has 45 heavy (non-hydrogen) atoms. The van der Waals surface area contributed by atoms with Crippen LogP contribution in [0.4, 0.5) is 0 Å². The topological polar surface area (TPSA) is 101 Å². The van der Waals surface area contributed by atoms with Crippen molar-refractivity contribution in [1.29, 1.82) is 0 Å². The molecule has 6 nitrogen and oxygen atoms in total. The number of carboxylic acids is 2. The van der Waals surface area contributed by atoms with Crippen LogP contribution < -0.4 is 0 Å². The first-order valence-corrected chi connectivity index (χ1v) is 18.0. The Morgan fingerprint density at radius 1 is 0.800 bits per heavy atom. The molecule has 6 heteroatoms. The van der Waals surface area contributed by atoms with Crippen molar-refractivity contribution in [1.82, 2.24) is 0 Å². The summed E-state index contributed by atoms with van der Waals surface area (Å²) in [4.78, 5) is 36.2. The monoisotopic (exact) mass is 626 g/mol. The second-order valence-corrected chi connectivity index (χ2v) is 18.7. The molecule has 0 heterocycles. The molecule has 0 amide bonds. The van der Waals surface area contributed by atoms with Gasteiger partial charge in [0.05, 0.1) is 12.8 Å². The first-order valence-electron chi connectivity index (χ1n) is 18.0. The second-order valence-electron chi connectivity index (χ2n) is 18.7. The van der Waals surface area contributed by atoms with Gasteiger partial charge in [-0.3, -0.25) is 14.4 Å². The average Bonchev–Trinajstić information content (AvgIpc) is 3.29. The van der Waals surface area contributed by atoms with E-state index in [0.29, 0.717) is 29.6 Å². The zero-order valence-corrected chi connectivity index (χ0v) is 29.6. The van der Waals surface area contributed by atoms with Crippen LogP contribution in [0.2, 0.25) is 0 Å². The fourth-order valence-corrected chi connectivity index (χ4v) is 13.3. The molecular formula is C39H62O6. The number of rotatable bonds is 9. The van der Waals surface area contributed by atoms with Crippen LogP contribution in [0.25, 0.3) is 0 Å². The quantitative estimate of drug-likeness (QED) is 0.195. The van der Waals surface area contributed by atoms with Gasteiger partial charge in [-0.25, -0.2) is 0 Å². The number of aliphatic carboxylic acids is 2.